The molecular weight excluding hydrogens is 354 g/mol. The van der Waals surface area contributed by atoms with Crippen molar-refractivity contribution in [3.63, 3.8) is 0 Å². The number of rotatable bonds is 5. The van der Waals surface area contributed by atoms with Gasteiger partial charge in [0, 0.05) is 69.3 Å². The highest BCUT2D eigenvalue weighted by atomic mass is 16.2. The molecule has 142 valence electrons. The van der Waals surface area contributed by atoms with Gasteiger partial charge in [-0.1, -0.05) is 0 Å². The van der Waals surface area contributed by atoms with Gasteiger partial charge in [-0.3, -0.25) is 9.78 Å². The number of nitrogens with one attached hydrogen (secondary N) is 1. The lowest BCUT2D eigenvalue weighted by molar-refractivity contribution is 0.0746. The van der Waals surface area contributed by atoms with E-state index in [2.05, 4.69) is 30.2 Å². The molecule has 8 nitrogen and oxygen atoms in total. The largest absolute Gasteiger partial charge is 0.366 e. The summed E-state index contributed by atoms with van der Waals surface area (Å²) < 4.78 is 0. The summed E-state index contributed by atoms with van der Waals surface area (Å²) in [5, 5.41) is 3.25. The topological polar surface area (TPSA) is 87.1 Å². The van der Waals surface area contributed by atoms with Crippen LogP contribution in [-0.2, 0) is 6.54 Å². The monoisotopic (exact) mass is 375 g/mol. The fraction of sp³-hybridized carbons (Fsp3) is 0.250. The van der Waals surface area contributed by atoms with Gasteiger partial charge in [0.05, 0.1) is 0 Å². The zero-order chi connectivity index (χ0) is 19.2. The number of pyridine rings is 2. The molecule has 0 aromatic carbocycles. The Labute approximate surface area is 163 Å². The smallest absolute Gasteiger partial charge is 0.254 e. The predicted molar refractivity (Wildman–Crippen MR) is 106 cm³/mol. The van der Waals surface area contributed by atoms with E-state index in [1.54, 1.807) is 49.2 Å². The van der Waals surface area contributed by atoms with Crippen molar-refractivity contribution in [3.05, 3.63) is 72.4 Å². The van der Waals surface area contributed by atoms with E-state index in [4.69, 9.17) is 0 Å². The minimum atomic E-state index is 0.0167. The van der Waals surface area contributed by atoms with Gasteiger partial charge in [-0.2, -0.15) is 0 Å². The Morgan fingerprint density at radius 2 is 1.68 bits per heavy atom. The lowest BCUT2D eigenvalue weighted by Crippen LogP contribution is -2.49. The molecule has 0 bridgehead atoms. The number of amides is 1. The molecule has 4 rings (SSSR count). The molecule has 1 N–H and O–H groups in total. The van der Waals surface area contributed by atoms with Crippen molar-refractivity contribution in [2.45, 2.75) is 6.54 Å². The molecule has 4 heterocycles. The standard InChI is InChI=1S/C20H21N7O/c28-19(26-10-12-27(13-11-26)20-23-5-1-6-24-20)17-4-9-22-18(14-17)25-15-16-2-7-21-8-3-16/h1-9,14H,10-13,15H2,(H,22,25). The van der Waals surface area contributed by atoms with Crippen molar-refractivity contribution in [2.24, 2.45) is 0 Å². The molecule has 0 saturated carbocycles. The van der Waals surface area contributed by atoms with Crippen molar-refractivity contribution < 1.29 is 4.79 Å². The minimum absolute atomic E-state index is 0.0167. The van der Waals surface area contributed by atoms with Crippen molar-refractivity contribution in [1.29, 1.82) is 0 Å². The third-order valence-corrected chi connectivity index (χ3v) is 4.63. The Bertz CT molecular complexity index is 912. The lowest BCUT2D eigenvalue weighted by atomic mass is 10.2. The number of hydrogen-bond donors (Lipinski definition) is 1. The van der Waals surface area contributed by atoms with Crippen LogP contribution in [-0.4, -0.2) is 56.9 Å². The van der Waals surface area contributed by atoms with Gasteiger partial charge in [-0.05, 0) is 35.9 Å². The number of nitrogens with zero attached hydrogens (tertiary/aromatic N) is 6. The van der Waals surface area contributed by atoms with Gasteiger partial charge >= 0.3 is 0 Å². The van der Waals surface area contributed by atoms with Crippen molar-refractivity contribution >= 4 is 17.7 Å². The summed E-state index contributed by atoms with van der Waals surface area (Å²) in [6, 6.07) is 9.24. The van der Waals surface area contributed by atoms with Crippen LogP contribution in [0.15, 0.2) is 61.3 Å². The van der Waals surface area contributed by atoms with E-state index in [0.717, 1.165) is 5.56 Å². The molecule has 3 aromatic heterocycles. The highest BCUT2D eigenvalue weighted by Gasteiger charge is 2.23. The van der Waals surface area contributed by atoms with Gasteiger partial charge in [0.2, 0.25) is 5.95 Å². The first-order valence-electron chi connectivity index (χ1n) is 9.20. The van der Waals surface area contributed by atoms with Crippen LogP contribution in [0.1, 0.15) is 15.9 Å². The van der Waals surface area contributed by atoms with E-state index in [-0.39, 0.29) is 5.91 Å². The van der Waals surface area contributed by atoms with Crippen molar-refractivity contribution in [2.75, 3.05) is 36.4 Å². The number of anilines is 2. The van der Waals surface area contributed by atoms with Crippen LogP contribution < -0.4 is 10.2 Å². The van der Waals surface area contributed by atoms with Crippen LogP contribution in [0.25, 0.3) is 0 Å². The van der Waals surface area contributed by atoms with Crippen molar-refractivity contribution in [3.8, 4) is 0 Å². The molecule has 1 saturated heterocycles. The second kappa shape index (κ2) is 8.43. The molecule has 1 amide bonds. The maximum atomic E-state index is 12.9. The average Bonchev–Trinajstić information content (AvgIpc) is 2.79. The van der Waals surface area contributed by atoms with Crippen molar-refractivity contribution in [1.82, 2.24) is 24.8 Å². The minimum Gasteiger partial charge on any atom is -0.366 e. The van der Waals surface area contributed by atoms with Crippen LogP contribution in [0.4, 0.5) is 11.8 Å². The summed E-state index contributed by atoms with van der Waals surface area (Å²) >= 11 is 0. The van der Waals surface area contributed by atoms with Crippen LogP contribution >= 0.6 is 0 Å². The third-order valence-electron chi connectivity index (χ3n) is 4.63. The van der Waals surface area contributed by atoms with Gasteiger partial charge in [-0.25, -0.2) is 15.0 Å². The van der Waals surface area contributed by atoms with Gasteiger partial charge in [0.25, 0.3) is 5.91 Å². The number of carbonyl (C=O) groups is 1. The molecule has 0 atom stereocenters. The van der Waals surface area contributed by atoms with Crippen LogP contribution in [0.5, 0.6) is 0 Å². The van der Waals surface area contributed by atoms with E-state index < -0.39 is 0 Å². The SMILES string of the molecule is O=C(c1ccnc(NCc2ccncc2)c1)N1CCN(c2ncccn2)CC1. The first-order valence-corrected chi connectivity index (χ1v) is 9.20. The van der Waals surface area contributed by atoms with E-state index in [9.17, 15) is 4.79 Å². The normalized spacial score (nSPS) is 14.0. The van der Waals surface area contributed by atoms with E-state index in [0.29, 0.717) is 50.1 Å². The summed E-state index contributed by atoms with van der Waals surface area (Å²) in [6.07, 6.45) is 8.64. The fourth-order valence-electron chi connectivity index (χ4n) is 3.10. The molecule has 0 aliphatic carbocycles. The third kappa shape index (κ3) is 4.22. The molecular formula is C20H21N7O. The molecule has 1 fully saturated rings. The Morgan fingerprint density at radius 1 is 0.929 bits per heavy atom. The number of hydrogen-bond acceptors (Lipinski definition) is 7. The van der Waals surface area contributed by atoms with E-state index in [1.807, 2.05) is 17.0 Å². The predicted octanol–water partition coefficient (Wildman–Crippen LogP) is 1.84. The fourth-order valence-corrected chi connectivity index (χ4v) is 3.10. The number of carbonyl (C=O) groups excluding carboxylic acids is 1. The van der Waals surface area contributed by atoms with Crippen LogP contribution in [0.2, 0.25) is 0 Å². The van der Waals surface area contributed by atoms with Gasteiger partial charge in [0.15, 0.2) is 0 Å². The Hall–Kier alpha value is -3.55. The second-order valence-corrected chi connectivity index (χ2v) is 6.47. The first kappa shape index (κ1) is 17.8. The summed E-state index contributed by atoms with van der Waals surface area (Å²) in [5.41, 5.74) is 1.74. The summed E-state index contributed by atoms with van der Waals surface area (Å²) in [7, 11) is 0. The summed E-state index contributed by atoms with van der Waals surface area (Å²) in [4.78, 5) is 33.7. The summed E-state index contributed by atoms with van der Waals surface area (Å²) in [5.74, 6) is 1.41. The maximum absolute atomic E-state index is 12.9. The lowest BCUT2D eigenvalue weighted by Gasteiger charge is -2.34. The highest BCUT2D eigenvalue weighted by molar-refractivity contribution is 5.95. The highest BCUT2D eigenvalue weighted by Crippen LogP contribution is 2.15. The molecule has 1 aliphatic rings. The zero-order valence-electron chi connectivity index (χ0n) is 15.4. The Morgan fingerprint density at radius 3 is 2.43 bits per heavy atom. The first-order chi connectivity index (χ1) is 13.8. The second-order valence-electron chi connectivity index (χ2n) is 6.47. The van der Waals surface area contributed by atoms with E-state index >= 15 is 0 Å². The summed E-state index contributed by atoms with van der Waals surface area (Å²) in [6.45, 7) is 3.34. The molecule has 0 radical (unpaired) electrons. The Kier molecular flexibility index (Phi) is 5.37. The van der Waals surface area contributed by atoms with Crippen LogP contribution in [0.3, 0.4) is 0 Å². The quantitative estimate of drug-likeness (QED) is 0.728. The van der Waals surface area contributed by atoms with Gasteiger partial charge in [0.1, 0.15) is 5.82 Å². The van der Waals surface area contributed by atoms with Gasteiger partial charge < -0.3 is 15.1 Å². The molecule has 28 heavy (non-hydrogen) atoms. The average molecular weight is 375 g/mol. The van der Waals surface area contributed by atoms with E-state index in [1.165, 1.54) is 0 Å². The molecule has 8 heteroatoms. The number of piperazine rings is 1. The maximum Gasteiger partial charge on any atom is 0.254 e. The molecule has 3 aromatic rings. The Balaban J connectivity index is 1.36. The number of aromatic nitrogens is 4. The van der Waals surface area contributed by atoms with Gasteiger partial charge in [-0.15, -0.1) is 0 Å². The molecule has 1 aliphatic heterocycles. The molecule has 0 unspecified atom stereocenters. The molecule has 0 spiro atoms. The van der Waals surface area contributed by atoms with Crippen LogP contribution in [0, 0.1) is 0 Å². The zero-order valence-corrected chi connectivity index (χ0v) is 15.4.